The van der Waals surface area contributed by atoms with E-state index < -0.39 is 0 Å². The van der Waals surface area contributed by atoms with Crippen LogP contribution in [0.1, 0.15) is 252 Å². The summed E-state index contributed by atoms with van der Waals surface area (Å²) in [6.07, 6.45) is 50.2. The third-order valence-corrected chi connectivity index (χ3v) is 12.2. The third-order valence-electron chi connectivity index (χ3n) is 12.2. The van der Waals surface area contributed by atoms with Gasteiger partial charge in [0.15, 0.2) is 0 Å². The van der Waals surface area contributed by atoms with Gasteiger partial charge in [0.2, 0.25) is 0 Å². The van der Waals surface area contributed by atoms with Crippen LogP contribution in [0.25, 0.3) is 0 Å². The second kappa shape index (κ2) is 57.9. The quantitative estimate of drug-likeness (QED) is 0.0268. The highest BCUT2D eigenvalue weighted by molar-refractivity contribution is 5.49. The zero-order valence-corrected chi connectivity index (χ0v) is 43.3. The van der Waals surface area contributed by atoms with Crippen LogP contribution in [0.4, 0.5) is 0 Å². The highest BCUT2D eigenvalue weighted by atomic mass is 16.5. The Morgan fingerprint density at radius 2 is 0.825 bits per heavy atom. The van der Waals surface area contributed by atoms with Gasteiger partial charge in [-0.25, -0.2) is 0 Å². The molecule has 0 saturated carbocycles. The predicted molar refractivity (Wildman–Crippen MR) is 276 cm³/mol. The van der Waals surface area contributed by atoms with E-state index in [0.717, 1.165) is 88.7 Å². The van der Waals surface area contributed by atoms with Crippen molar-refractivity contribution >= 4 is 12.6 Å². The zero-order valence-electron chi connectivity index (χ0n) is 43.3. The fourth-order valence-corrected chi connectivity index (χ4v) is 7.93. The average molecular weight is 895 g/mol. The van der Waals surface area contributed by atoms with Gasteiger partial charge in [0.05, 0.1) is 23.6 Å². The van der Waals surface area contributed by atoms with Crippen molar-refractivity contribution < 1.29 is 19.1 Å². The van der Waals surface area contributed by atoms with Crippen molar-refractivity contribution in [2.75, 3.05) is 47.4 Å². The summed E-state index contributed by atoms with van der Waals surface area (Å²) < 4.78 is 10.9. The molecule has 63 heavy (non-hydrogen) atoms. The number of methoxy groups -OCH3 is 2. The number of likely N-dealkylation sites (N-methyl/N-ethyl adjacent to an activating group) is 1. The molecular weight excluding hydrogens is 783 g/mol. The molecule has 9 heteroatoms. The Hall–Kier alpha value is -2.10. The summed E-state index contributed by atoms with van der Waals surface area (Å²) >= 11 is 0. The molecule has 0 bridgehead atoms. The number of hydrogen-bond acceptors (Lipinski definition) is 9. The van der Waals surface area contributed by atoms with Crippen molar-refractivity contribution in [1.29, 1.82) is 0 Å². The summed E-state index contributed by atoms with van der Waals surface area (Å²) in [6, 6.07) is 0. The van der Waals surface area contributed by atoms with Crippen LogP contribution in [0.5, 0.6) is 0 Å². The lowest BCUT2D eigenvalue weighted by Crippen LogP contribution is -2.30. The first kappa shape index (κ1) is 65.2. The summed E-state index contributed by atoms with van der Waals surface area (Å²) in [7, 11) is 5.54. The van der Waals surface area contributed by atoms with E-state index in [2.05, 4.69) is 43.2 Å². The molecule has 1 unspecified atom stereocenters. The predicted octanol–water partition coefficient (Wildman–Crippen LogP) is 13.8. The molecule has 0 radical (unpaired) electrons. The molecule has 9 nitrogen and oxygen atoms in total. The minimum absolute atomic E-state index is 0.506. The summed E-state index contributed by atoms with van der Waals surface area (Å²) in [4.78, 5) is 23.4. The van der Waals surface area contributed by atoms with Gasteiger partial charge in [-0.15, -0.1) is 0 Å². The molecule has 0 aromatic carbocycles. The number of nitrogens with one attached hydrogen (secondary N) is 2. The lowest BCUT2D eigenvalue weighted by molar-refractivity contribution is -0.108. The summed E-state index contributed by atoms with van der Waals surface area (Å²) in [5.41, 5.74) is 12.9. The molecule has 0 aromatic rings. The molecular formula is C54H111N5O4. The Kier molecular flexibility index (Phi) is 59.9. The van der Waals surface area contributed by atoms with Crippen molar-refractivity contribution in [3.63, 3.8) is 0 Å². The number of hydrogen-bond donors (Lipinski definition) is 4. The molecule has 0 aliphatic heterocycles. The molecule has 1 atom stereocenters. The van der Waals surface area contributed by atoms with Gasteiger partial charge in [-0.1, -0.05) is 182 Å². The maximum atomic E-state index is 10.4. The standard InChI is InChI=1S/C24H47N5O2.C18H38O.C12H26O/c1-27-23(21-25)24(22-26)28-15-14-18-29(16-10-6-2-4-8-12-19-30)17-11-7-3-5-9-13-20-31;1-4-6-8-10-12-14-16-18(19-3)17-15-13-11-9-7-5-2;1-4-6-7-8-9-10-11-12(5-2)13-3/h19-22,27-28H,2-18,25-26H2,1H3;18H,4-17H2,1-3H3;12H,4-11H2,1-3H3/b23-21+,24-22+;;. The number of ether oxygens (including phenoxy) is 2. The number of aldehydes is 2. The topological polar surface area (TPSA) is 132 Å². The van der Waals surface area contributed by atoms with E-state index in [-0.39, 0.29) is 0 Å². The molecule has 0 aliphatic carbocycles. The molecule has 0 heterocycles. The maximum Gasteiger partial charge on any atom is 0.119 e. The Labute approximate surface area is 393 Å². The first-order valence-corrected chi connectivity index (χ1v) is 26.8. The second-order valence-electron chi connectivity index (χ2n) is 17.8. The Morgan fingerprint density at radius 3 is 1.17 bits per heavy atom. The summed E-state index contributed by atoms with van der Waals surface area (Å²) in [6.45, 7) is 13.2. The summed E-state index contributed by atoms with van der Waals surface area (Å²) in [5, 5.41) is 6.39. The minimum Gasteiger partial charge on any atom is -0.403 e. The monoisotopic (exact) mass is 894 g/mol. The Balaban J connectivity index is -0.000000952. The Morgan fingerprint density at radius 1 is 0.476 bits per heavy atom. The second-order valence-corrected chi connectivity index (χ2v) is 17.8. The number of carbonyl (C=O) groups excluding carboxylic acids is 2. The van der Waals surface area contributed by atoms with Gasteiger partial charge < -0.3 is 46.1 Å². The van der Waals surface area contributed by atoms with Crippen LogP contribution in [0, 0.1) is 0 Å². The molecule has 0 spiro atoms. The van der Waals surface area contributed by atoms with Crippen LogP contribution in [0.15, 0.2) is 23.8 Å². The SMILES string of the molecule is CCCCCCCCC(CC)OC.CCCCCCCCC(CCCCCCCC)OC.CNC(=C/N)/C(=C\N)NCCCN(CCCCCCCC=O)CCCCCCCC=O. The zero-order chi connectivity index (χ0) is 47.1. The number of nitrogens with zero attached hydrogens (tertiary/aromatic N) is 1. The highest BCUT2D eigenvalue weighted by Crippen LogP contribution is 2.17. The van der Waals surface area contributed by atoms with Gasteiger partial charge in [-0.05, 0) is 77.4 Å². The number of rotatable bonds is 47. The van der Waals surface area contributed by atoms with Gasteiger partial charge in [0.1, 0.15) is 12.6 Å². The number of nitrogens with two attached hydrogens (primary N) is 2. The van der Waals surface area contributed by atoms with E-state index >= 15 is 0 Å². The molecule has 0 aromatic heterocycles. The van der Waals surface area contributed by atoms with Crippen molar-refractivity contribution in [3.05, 3.63) is 23.8 Å². The van der Waals surface area contributed by atoms with Gasteiger partial charge >= 0.3 is 0 Å². The van der Waals surface area contributed by atoms with E-state index in [4.69, 9.17) is 20.9 Å². The van der Waals surface area contributed by atoms with Crippen LogP contribution in [-0.4, -0.2) is 77.1 Å². The van der Waals surface area contributed by atoms with E-state index in [1.165, 1.54) is 180 Å². The first-order chi connectivity index (χ1) is 30.9. The largest absolute Gasteiger partial charge is 0.403 e. The van der Waals surface area contributed by atoms with Crippen LogP contribution >= 0.6 is 0 Å². The van der Waals surface area contributed by atoms with Crippen LogP contribution in [0.2, 0.25) is 0 Å². The molecule has 0 saturated heterocycles. The number of unbranched alkanes of at least 4 members (excludes halogenated alkanes) is 25. The van der Waals surface area contributed by atoms with Gasteiger partial charge in [-0.3, -0.25) is 0 Å². The summed E-state index contributed by atoms with van der Waals surface area (Å²) in [5.74, 6) is 0. The van der Waals surface area contributed by atoms with E-state index in [1.54, 1.807) is 6.20 Å². The van der Waals surface area contributed by atoms with Crippen LogP contribution < -0.4 is 22.1 Å². The van der Waals surface area contributed by atoms with Gasteiger partial charge in [-0.2, -0.15) is 0 Å². The smallest absolute Gasteiger partial charge is 0.119 e. The van der Waals surface area contributed by atoms with E-state index in [0.29, 0.717) is 25.0 Å². The van der Waals surface area contributed by atoms with Crippen molar-refractivity contribution in [3.8, 4) is 0 Å². The molecule has 376 valence electrons. The Bertz CT molecular complexity index is 907. The normalized spacial score (nSPS) is 12.1. The highest BCUT2D eigenvalue weighted by Gasteiger charge is 2.08. The van der Waals surface area contributed by atoms with Gasteiger partial charge in [0.25, 0.3) is 0 Å². The average Bonchev–Trinajstić information content (AvgIpc) is 3.30. The van der Waals surface area contributed by atoms with E-state index in [1.807, 2.05) is 21.3 Å². The number of carbonyl (C=O) groups is 2. The fourth-order valence-electron chi connectivity index (χ4n) is 7.93. The molecule has 0 fully saturated rings. The maximum absolute atomic E-state index is 10.4. The third kappa shape index (κ3) is 50.8. The molecule has 0 aliphatic rings. The fraction of sp³-hybridized carbons (Fsp3) is 0.889. The van der Waals surface area contributed by atoms with E-state index in [9.17, 15) is 9.59 Å². The lowest BCUT2D eigenvalue weighted by Gasteiger charge is -2.23. The molecule has 6 N–H and O–H groups in total. The van der Waals surface area contributed by atoms with Crippen molar-refractivity contribution in [2.45, 2.75) is 265 Å². The van der Waals surface area contributed by atoms with Crippen molar-refractivity contribution in [2.24, 2.45) is 11.5 Å². The van der Waals surface area contributed by atoms with Crippen molar-refractivity contribution in [1.82, 2.24) is 15.5 Å². The molecule has 0 amide bonds. The molecule has 0 rings (SSSR count). The van der Waals surface area contributed by atoms with Crippen LogP contribution in [-0.2, 0) is 19.1 Å². The first-order valence-electron chi connectivity index (χ1n) is 26.8. The minimum atomic E-state index is 0.506. The lowest BCUT2D eigenvalue weighted by atomic mass is 10.0. The van der Waals surface area contributed by atoms with Crippen LogP contribution in [0.3, 0.4) is 0 Å². The van der Waals surface area contributed by atoms with Gasteiger partial charge in [0, 0.05) is 53.1 Å².